The van der Waals surface area contributed by atoms with Gasteiger partial charge in [0.25, 0.3) is 0 Å². The lowest BCUT2D eigenvalue weighted by Crippen LogP contribution is -2.76. The van der Waals surface area contributed by atoms with E-state index in [9.17, 15) is 75.7 Å². The molecule has 1 aromatic rings. The molecule has 23 nitrogen and oxygen atoms in total. The van der Waals surface area contributed by atoms with Crippen LogP contribution in [0.15, 0.2) is 48.1 Å². The van der Waals surface area contributed by atoms with E-state index in [0.29, 0.717) is 38.5 Å². The van der Waals surface area contributed by atoms with Crippen LogP contribution in [0.1, 0.15) is 113 Å². The minimum Gasteiger partial charge on any atom is -0.479 e. The van der Waals surface area contributed by atoms with Crippen molar-refractivity contribution in [1.82, 2.24) is 0 Å². The molecule has 0 radical (unpaired) electrons. The minimum absolute atomic E-state index is 0.150. The van der Waals surface area contributed by atoms with Crippen molar-refractivity contribution in [3.8, 4) is 0 Å². The number of hydrogen-bond donors (Lipinski definition) is 12. The van der Waals surface area contributed by atoms with Gasteiger partial charge in [-0.05, 0) is 90.6 Å². The number of carbonyl (C=O) groups is 3. The van der Waals surface area contributed by atoms with Crippen LogP contribution in [0.3, 0.4) is 0 Å². The number of hydrogen-bond acceptors (Lipinski definition) is 22. The van der Waals surface area contributed by atoms with Crippen LogP contribution in [0.2, 0.25) is 0 Å². The first-order valence-electron chi connectivity index (χ1n) is 29.7. The molecule has 0 spiro atoms. The number of benzene rings is 1. The van der Waals surface area contributed by atoms with Gasteiger partial charge in [0.15, 0.2) is 31.1 Å². The Kier molecular flexibility index (Phi) is 18.6. The summed E-state index contributed by atoms with van der Waals surface area (Å²) in [6.07, 6.45) is -23.7. The Morgan fingerprint density at radius 3 is 1.89 bits per heavy atom. The van der Waals surface area contributed by atoms with Crippen LogP contribution in [-0.2, 0) is 52.3 Å². The van der Waals surface area contributed by atoms with Gasteiger partial charge in [-0.1, -0.05) is 104 Å². The van der Waals surface area contributed by atoms with Gasteiger partial charge in [-0.25, -0.2) is 9.59 Å². The lowest BCUT2D eigenvalue weighted by molar-refractivity contribution is -0.383. The van der Waals surface area contributed by atoms with Crippen molar-refractivity contribution in [2.24, 2.45) is 56.2 Å². The van der Waals surface area contributed by atoms with Crippen LogP contribution in [0.5, 0.6) is 0 Å². The monoisotopic (exact) mass is 1190 g/mol. The number of aliphatic carboxylic acids is 1. The highest BCUT2D eigenvalue weighted by Gasteiger charge is 2.76. The van der Waals surface area contributed by atoms with E-state index in [1.165, 1.54) is 6.08 Å². The number of fused-ring (bicyclic) bond motifs is 7. The lowest BCUT2D eigenvalue weighted by Gasteiger charge is -2.73. The Morgan fingerprint density at radius 2 is 1.30 bits per heavy atom. The van der Waals surface area contributed by atoms with Gasteiger partial charge in [0.1, 0.15) is 67.1 Å². The molecule has 8 aliphatic rings. The van der Waals surface area contributed by atoms with E-state index in [2.05, 4.69) is 19.9 Å². The fourth-order valence-corrected chi connectivity index (χ4v) is 16.9. The molecule has 0 unspecified atom stereocenters. The van der Waals surface area contributed by atoms with Crippen LogP contribution < -0.4 is 0 Å². The summed E-state index contributed by atoms with van der Waals surface area (Å²) in [5.41, 5.74) is -4.21. The fourth-order valence-electron chi connectivity index (χ4n) is 16.9. The molecule has 4 saturated carbocycles. The Morgan fingerprint density at radius 1 is 0.690 bits per heavy atom. The Balaban J connectivity index is 1.02. The predicted molar refractivity (Wildman–Crippen MR) is 293 cm³/mol. The molecule has 7 fully saturated rings. The SMILES string of the molecule is CC[C@@H](C)C(=O)O[C@H]1[C@H](OC(=O)/C=C/c2ccccc2)C(C)(C)C[C@H]2C3=CC[C@@H]4[C@@]5(C)CC[C@H](O[C@@H]6O[C@H](C(=O)O)[C@@H](O[C@@H]7O[C@@H](CO)[C@H](O)[C@H]7O)[C@H](O)[C@H]6O[C@@H]6O[C@H](CO)[C@@H](O)[C@H](O)[C@H]6O)C(C)(C)[C@@H]5CC[C@@]4(C)[C@]3(C)[C@@H](O)[C@@H](O)[C@]21CO. The van der Waals surface area contributed by atoms with Crippen LogP contribution in [0.25, 0.3) is 6.08 Å². The van der Waals surface area contributed by atoms with Crippen molar-refractivity contribution in [3.05, 3.63) is 53.6 Å². The fraction of sp³-hybridized carbons (Fsp3) is 0.787. The number of carbonyl (C=O) groups excluding carboxylic acids is 2. The molecule has 23 heteroatoms. The molecule has 1 aromatic carbocycles. The molecule has 0 bridgehead atoms. The molecule has 3 heterocycles. The van der Waals surface area contributed by atoms with Crippen LogP contribution in [-0.4, -0.2) is 216 Å². The number of esters is 2. The number of allylic oxidation sites excluding steroid dienone is 1. The van der Waals surface area contributed by atoms with Gasteiger partial charge in [-0.15, -0.1) is 0 Å². The first-order chi connectivity index (χ1) is 39.4. The summed E-state index contributed by atoms with van der Waals surface area (Å²) >= 11 is 0. The molecule has 27 atom stereocenters. The second kappa shape index (κ2) is 24.1. The van der Waals surface area contributed by atoms with Gasteiger partial charge in [-0.3, -0.25) is 4.79 Å². The van der Waals surface area contributed by atoms with E-state index in [1.54, 1.807) is 13.0 Å². The second-order valence-electron chi connectivity index (χ2n) is 27.2. The maximum Gasteiger partial charge on any atom is 0.335 e. The van der Waals surface area contributed by atoms with Gasteiger partial charge in [-0.2, -0.15) is 0 Å². The predicted octanol–water partition coefficient (Wildman–Crippen LogP) is 1.09. The largest absolute Gasteiger partial charge is 0.479 e. The van der Waals surface area contributed by atoms with Crippen molar-refractivity contribution in [2.45, 2.75) is 224 Å². The Hall–Kier alpha value is -3.57. The summed E-state index contributed by atoms with van der Waals surface area (Å²) < 4.78 is 48.8. The van der Waals surface area contributed by atoms with Gasteiger partial charge >= 0.3 is 17.9 Å². The summed E-state index contributed by atoms with van der Waals surface area (Å²) in [4.78, 5) is 40.9. The van der Waals surface area contributed by atoms with Gasteiger partial charge in [0, 0.05) is 16.9 Å². The maximum atomic E-state index is 14.0. The normalized spacial score (nSPS) is 47.3. The maximum absolute atomic E-state index is 14.0. The van der Waals surface area contributed by atoms with Crippen molar-refractivity contribution in [3.63, 3.8) is 0 Å². The average molecular weight is 1190 g/mol. The van der Waals surface area contributed by atoms with Gasteiger partial charge < -0.3 is 99.2 Å². The molecule has 3 saturated heterocycles. The summed E-state index contributed by atoms with van der Waals surface area (Å²) in [6, 6.07) is 9.17. The first kappa shape index (κ1) is 64.9. The van der Waals surface area contributed by atoms with E-state index in [4.69, 9.17) is 37.9 Å². The Labute approximate surface area is 489 Å². The number of carboxylic acid groups (broad SMARTS) is 1. The number of carboxylic acids is 1. The third kappa shape index (κ3) is 10.5. The third-order valence-corrected chi connectivity index (χ3v) is 22.1. The van der Waals surface area contributed by atoms with Crippen LogP contribution in [0, 0.1) is 56.2 Å². The Bertz CT molecular complexity index is 2580. The summed E-state index contributed by atoms with van der Waals surface area (Å²) in [6.45, 7) is 15.5. The molecule has 0 aromatic heterocycles. The van der Waals surface area contributed by atoms with E-state index < -0.39 is 199 Å². The molecule has 3 aliphatic heterocycles. The summed E-state index contributed by atoms with van der Waals surface area (Å²) in [7, 11) is 0. The average Bonchev–Trinajstić information content (AvgIpc) is 0.786. The molecule has 5 aliphatic carbocycles. The summed E-state index contributed by atoms with van der Waals surface area (Å²) in [5, 5.41) is 134. The van der Waals surface area contributed by atoms with E-state index >= 15 is 0 Å². The zero-order valence-corrected chi connectivity index (χ0v) is 49.3. The topological polar surface area (TPSA) is 368 Å². The van der Waals surface area contributed by atoms with E-state index in [-0.39, 0.29) is 18.3 Å². The van der Waals surface area contributed by atoms with Crippen LogP contribution >= 0.6 is 0 Å². The highest BCUT2D eigenvalue weighted by Crippen LogP contribution is 2.76. The van der Waals surface area contributed by atoms with E-state index in [1.807, 2.05) is 71.9 Å². The lowest BCUT2D eigenvalue weighted by atomic mass is 9.32. The molecule has 84 heavy (non-hydrogen) atoms. The van der Waals surface area contributed by atoms with E-state index in [0.717, 1.165) is 11.1 Å². The molecular weight excluding hydrogens is 1100 g/mol. The minimum atomic E-state index is -2.07. The van der Waals surface area contributed by atoms with Crippen molar-refractivity contribution < 1.29 is 114 Å². The number of aliphatic hydroxyl groups is 11. The molecule has 12 N–H and O–H groups in total. The molecule has 472 valence electrons. The van der Waals surface area contributed by atoms with Crippen LogP contribution in [0.4, 0.5) is 0 Å². The summed E-state index contributed by atoms with van der Waals surface area (Å²) in [5.74, 6) is -4.51. The zero-order valence-electron chi connectivity index (χ0n) is 49.3. The van der Waals surface area contributed by atoms with Crippen molar-refractivity contribution in [2.75, 3.05) is 19.8 Å². The van der Waals surface area contributed by atoms with Gasteiger partial charge in [0.05, 0.1) is 49.5 Å². The molecule has 9 rings (SSSR count). The quantitative estimate of drug-likeness (QED) is 0.0477. The van der Waals surface area contributed by atoms with Crippen molar-refractivity contribution >= 4 is 24.0 Å². The smallest absolute Gasteiger partial charge is 0.335 e. The number of rotatable bonds is 16. The first-order valence-corrected chi connectivity index (χ1v) is 29.7. The number of aliphatic hydroxyl groups excluding tert-OH is 11. The highest BCUT2D eigenvalue weighted by molar-refractivity contribution is 5.87. The molecular formula is C61H90O23. The van der Waals surface area contributed by atoms with Crippen molar-refractivity contribution in [1.29, 1.82) is 0 Å². The molecule has 0 amide bonds. The number of ether oxygens (including phenoxy) is 8. The zero-order chi connectivity index (χ0) is 61.6. The highest BCUT2D eigenvalue weighted by atomic mass is 16.8. The van der Waals surface area contributed by atoms with Gasteiger partial charge in [0.2, 0.25) is 0 Å². The second-order valence-corrected chi connectivity index (χ2v) is 27.2. The standard InChI is InChI=1S/C61H90O23/c1-10-28(2)52(76)84-50-49(80-37(65)19-16-29-14-12-11-13-15-29)56(3,4)24-31-30-17-18-35-58(7)22-21-36(57(5,6)34(58)20-23-59(35,8)60(30,9)47(72)48(73)61(31,50)27-64)79-55-45(82-54-42(70)40(68)38(66)32(25-62)77-54)43(71)44(46(83-55)51(74)75)81-53-41(69)39(67)33(26-63)78-53/h11-17,19,28,31-36,38-50,53-55,62-64,66-73H,10,18,20-27H2,1-9H3,(H,74,75)/b19-16+/t28-,31+,32-,33+,34+,35-,36+,38-,39+,40+,41-,42-,43+,44+,45-,46+,47+,48-,49+,50+,53+,54+,55-,58+,59-,60+,61+/m1/s1. The third-order valence-electron chi connectivity index (χ3n) is 22.1.